The van der Waals surface area contributed by atoms with E-state index in [0.29, 0.717) is 22.7 Å². The highest BCUT2D eigenvalue weighted by atomic mass is 16.5. The Hall–Kier alpha value is -5.84. The first-order valence-corrected chi connectivity index (χ1v) is 15.2. The van der Waals surface area contributed by atoms with Crippen LogP contribution in [0.4, 0.5) is 17.1 Å². The molecule has 0 fully saturated rings. The summed E-state index contributed by atoms with van der Waals surface area (Å²) in [6, 6.07) is 23.4. The van der Waals surface area contributed by atoms with E-state index in [-0.39, 0.29) is 23.6 Å². The zero-order valence-corrected chi connectivity index (χ0v) is 27.8. The molecule has 5 rings (SSSR count). The van der Waals surface area contributed by atoms with Gasteiger partial charge in [-0.05, 0) is 72.1 Å². The molecule has 4 aromatic carbocycles. The van der Waals surface area contributed by atoms with Crippen molar-refractivity contribution in [1.29, 1.82) is 0 Å². The lowest BCUT2D eigenvalue weighted by molar-refractivity contribution is -0.139. The summed E-state index contributed by atoms with van der Waals surface area (Å²) in [5.74, 6) is -1.69. The molecular weight excluding hydrogens is 612 g/mol. The molecule has 0 saturated carbocycles. The first-order chi connectivity index (χ1) is 23.1. The summed E-state index contributed by atoms with van der Waals surface area (Å²) in [7, 11) is 8.24. The third-order valence-electron chi connectivity index (χ3n) is 8.31. The number of ether oxygens (including phenoxy) is 3. The molecule has 0 bridgehead atoms. The SMILES string of the molecule is COc1cc([C@@H](C(=O)Nc2ccc(N(C)C)cc2)N(Cc2ccccc2C)C(=O)CN2C(=O)C(=O)c3ccccc32)cc(OC)c1OC. The van der Waals surface area contributed by atoms with Gasteiger partial charge in [0.2, 0.25) is 11.7 Å². The van der Waals surface area contributed by atoms with Gasteiger partial charge in [-0.3, -0.25) is 24.1 Å². The van der Waals surface area contributed by atoms with Crippen molar-refractivity contribution in [2.24, 2.45) is 0 Å². The number of anilines is 3. The third kappa shape index (κ3) is 6.66. The Morgan fingerprint density at radius 1 is 0.833 bits per heavy atom. The number of ketones is 1. The van der Waals surface area contributed by atoms with Crippen LogP contribution < -0.4 is 29.3 Å². The van der Waals surface area contributed by atoms with Gasteiger partial charge in [-0.15, -0.1) is 0 Å². The molecule has 1 atom stereocenters. The summed E-state index contributed by atoms with van der Waals surface area (Å²) in [5, 5.41) is 2.97. The molecule has 1 aliphatic rings. The summed E-state index contributed by atoms with van der Waals surface area (Å²) in [5.41, 5.74) is 4.08. The van der Waals surface area contributed by atoms with Crippen molar-refractivity contribution in [1.82, 2.24) is 4.90 Å². The maximum Gasteiger partial charge on any atom is 0.299 e. The lowest BCUT2D eigenvalue weighted by Gasteiger charge is -2.33. The van der Waals surface area contributed by atoms with Crippen LogP contribution >= 0.6 is 0 Å². The maximum atomic E-state index is 14.5. The maximum absolute atomic E-state index is 14.5. The fourth-order valence-corrected chi connectivity index (χ4v) is 5.71. The van der Waals surface area contributed by atoms with Gasteiger partial charge in [0, 0.05) is 32.0 Å². The molecule has 0 spiro atoms. The zero-order valence-electron chi connectivity index (χ0n) is 27.8. The molecule has 248 valence electrons. The number of hydrogen-bond acceptors (Lipinski definition) is 8. The fourth-order valence-electron chi connectivity index (χ4n) is 5.71. The smallest absolute Gasteiger partial charge is 0.299 e. The average molecular weight is 651 g/mol. The van der Waals surface area contributed by atoms with E-state index in [1.807, 2.05) is 62.3 Å². The first-order valence-electron chi connectivity index (χ1n) is 15.2. The van der Waals surface area contributed by atoms with E-state index >= 15 is 0 Å². The van der Waals surface area contributed by atoms with Gasteiger partial charge in [0.1, 0.15) is 12.6 Å². The molecule has 1 heterocycles. The number of nitrogens with one attached hydrogen (secondary N) is 1. The number of aryl methyl sites for hydroxylation is 1. The van der Waals surface area contributed by atoms with Gasteiger partial charge in [-0.2, -0.15) is 0 Å². The van der Waals surface area contributed by atoms with Gasteiger partial charge >= 0.3 is 0 Å². The Balaban J connectivity index is 1.64. The van der Waals surface area contributed by atoms with Crippen molar-refractivity contribution in [3.63, 3.8) is 0 Å². The summed E-state index contributed by atoms with van der Waals surface area (Å²) in [6.07, 6.45) is 0. The van der Waals surface area contributed by atoms with Crippen molar-refractivity contribution in [3.05, 3.63) is 107 Å². The predicted octanol–water partition coefficient (Wildman–Crippen LogP) is 5.02. The number of amides is 3. The molecule has 1 N–H and O–H groups in total. The Morgan fingerprint density at radius 2 is 1.46 bits per heavy atom. The van der Waals surface area contributed by atoms with Crippen LogP contribution in [0.1, 0.15) is 33.1 Å². The quantitative estimate of drug-likeness (QED) is 0.213. The number of carbonyl (C=O) groups is 4. The van der Waals surface area contributed by atoms with Crippen LogP contribution in [-0.2, 0) is 20.9 Å². The van der Waals surface area contributed by atoms with Crippen molar-refractivity contribution < 1.29 is 33.4 Å². The summed E-state index contributed by atoms with van der Waals surface area (Å²) >= 11 is 0. The molecule has 48 heavy (non-hydrogen) atoms. The largest absolute Gasteiger partial charge is 0.493 e. The van der Waals surface area contributed by atoms with E-state index in [4.69, 9.17) is 14.2 Å². The number of methoxy groups -OCH3 is 3. The number of carbonyl (C=O) groups excluding carboxylic acids is 4. The van der Waals surface area contributed by atoms with E-state index in [9.17, 15) is 19.2 Å². The van der Waals surface area contributed by atoms with E-state index < -0.39 is 36.1 Å². The van der Waals surface area contributed by atoms with Crippen LogP contribution in [0.5, 0.6) is 17.2 Å². The second-order valence-electron chi connectivity index (χ2n) is 11.5. The second-order valence-corrected chi connectivity index (χ2v) is 11.5. The number of hydrogen-bond donors (Lipinski definition) is 1. The van der Waals surface area contributed by atoms with Gasteiger partial charge in [0.05, 0.1) is 32.6 Å². The summed E-state index contributed by atoms with van der Waals surface area (Å²) in [4.78, 5) is 59.5. The molecule has 11 heteroatoms. The molecule has 0 unspecified atom stereocenters. The number of benzene rings is 4. The molecule has 0 saturated heterocycles. The standard InChI is InChI=1S/C37H38N4O7/c1-23-11-7-8-12-24(23)21-41(32(42)22-40-29-14-10-9-13-28(29)34(43)37(40)45)33(25-19-30(46-4)35(48-6)31(20-25)47-5)36(44)38-26-15-17-27(18-16-26)39(2)3/h7-20,33H,21-22H2,1-6H3,(H,38,44)/t33-/m0/s1. The third-order valence-corrected chi connectivity index (χ3v) is 8.31. The average Bonchev–Trinajstić information content (AvgIpc) is 3.33. The normalized spacial score (nSPS) is 12.7. The highest BCUT2D eigenvalue weighted by Crippen LogP contribution is 2.41. The monoisotopic (exact) mass is 650 g/mol. The molecule has 3 amide bonds. The van der Waals surface area contributed by atoms with E-state index in [2.05, 4.69) is 5.32 Å². The topological polar surface area (TPSA) is 118 Å². The minimum Gasteiger partial charge on any atom is -0.493 e. The Kier molecular flexibility index (Phi) is 9.98. The number of fused-ring (bicyclic) bond motifs is 1. The minimum atomic E-state index is -1.25. The van der Waals surface area contributed by atoms with Crippen LogP contribution in [0.25, 0.3) is 0 Å². The van der Waals surface area contributed by atoms with Gasteiger partial charge in [-0.1, -0.05) is 36.4 Å². The number of Topliss-reactive ketones (excluding diaryl/α,β-unsaturated/α-hetero) is 1. The van der Waals surface area contributed by atoms with E-state index in [0.717, 1.165) is 21.7 Å². The van der Waals surface area contributed by atoms with E-state index in [1.165, 1.54) is 26.2 Å². The first kappa shape index (κ1) is 33.5. The minimum absolute atomic E-state index is 0.0114. The van der Waals surface area contributed by atoms with Crippen molar-refractivity contribution in [2.45, 2.75) is 19.5 Å². The van der Waals surface area contributed by atoms with Crippen LogP contribution in [0.15, 0.2) is 84.9 Å². The van der Waals surface area contributed by atoms with Gasteiger partial charge in [0.25, 0.3) is 17.6 Å². The van der Waals surface area contributed by atoms with Crippen molar-refractivity contribution in [2.75, 3.05) is 57.1 Å². The zero-order chi connectivity index (χ0) is 34.5. The lowest BCUT2D eigenvalue weighted by Crippen LogP contribution is -2.46. The molecule has 1 aliphatic heterocycles. The highest BCUT2D eigenvalue weighted by molar-refractivity contribution is 6.52. The molecule has 0 radical (unpaired) electrons. The second kappa shape index (κ2) is 14.3. The number of para-hydroxylation sites is 1. The van der Waals surface area contributed by atoms with E-state index in [1.54, 1.807) is 48.5 Å². The highest BCUT2D eigenvalue weighted by Gasteiger charge is 2.40. The molecular formula is C37H38N4O7. The fraction of sp³-hybridized carbons (Fsp3) is 0.243. The van der Waals surface area contributed by atoms with Crippen LogP contribution in [-0.4, -0.2) is 70.4 Å². The molecule has 11 nitrogen and oxygen atoms in total. The summed E-state index contributed by atoms with van der Waals surface area (Å²) in [6.45, 7) is 1.45. The summed E-state index contributed by atoms with van der Waals surface area (Å²) < 4.78 is 16.8. The van der Waals surface area contributed by atoms with Gasteiger partial charge in [0.15, 0.2) is 11.5 Å². The van der Waals surface area contributed by atoms with Crippen LogP contribution in [0.2, 0.25) is 0 Å². The van der Waals surface area contributed by atoms with Gasteiger partial charge < -0.3 is 29.3 Å². The van der Waals surface area contributed by atoms with Crippen LogP contribution in [0, 0.1) is 6.92 Å². The van der Waals surface area contributed by atoms with Gasteiger partial charge in [-0.25, -0.2) is 0 Å². The number of nitrogens with zero attached hydrogens (tertiary/aromatic N) is 3. The Morgan fingerprint density at radius 3 is 2.06 bits per heavy atom. The number of rotatable bonds is 12. The van der Waals surface area contributed by atoms with Crippen LogP contribution in [0.3, 0.4) is 0 Å². The Bertz CT molecular complexity index is 1830. The van der Waals surface area contributed by atoms with Crippen molar-refractivity contribution in [3.8, 4) is 17.2 Å². The molecule has 0 aliphatic carbocycles. The lowest BCUT2D eigenvalue weighted by atomic mass is 10.00. The Labute approximate surface area is 279 Å². The predicted molar refractivity (Wildman–Crippen MR) is 183 cm³/mol. The molecule has 0 aromatic heterocycles. The molecule has 4 aromatic rings. The van der Waals surface area contributed by atoms with Crippen molar-refractivity contribution >= 4 is 40.6 Å².